The lowest BCUT2D eigenvalue weighted by atomic mass is 9.94. The van der Waals surface area contributed by atoms with Crippen molar-refractivity contribution in [2.45, 2.75) is 30.6 Å². The van der Waals surface area contributed by atoms with Crippen molar-refractivity contribution in [3.8, 4) is 5.75 Å². The van der Waals surface area contributed by atoms with Crippen LogP contribution < -0.4 is 10.1 Å². The van der Waals surface area contributed by atoms with E-state index in [0.717, 1.165) is 12.5 Å². The third-order valence-corrected chi connectivity index (χ3v) is 6.99. The molecule has 156 valence electrons. The van der Waals surface area contributed by atoms with Crippen molar-refractivity contribution in [1.29, 1.82) is 0 Å². The Balaban J connectivity index is 1.55. The molecular weight excluding hydrogens is 395 g/mol. The highest BCUT2D eigenvalue weighted by atomic mass is 32.2. The molecular formula is C21H25FN2O4S. The molecule has 1 atom stereocenters. The summed E-state index contributed by atoms with van der Waals surface area (Å²) in [5.41, 5.74) is 0.684. The first kappa shape index (κ1) is 21.3. The van der Waals surface area contributed by atoms with Crippen molar-refractivity contribution >= 4 is 21.6 Å². The first-order chi connectivity index (χ1) is 13.9. The van der Waals surface area contributed by atoms with Crippen molar-refractivity contribution in [2.75, 3.05) is 25.5 Å². The van der Waals surface area contributed by atoms with E-state index >= 15 is 0 Å². The normalized spacial score (nSPS) is 17.7. The van der Waals surface area contributed by atoms with Gasteiger partial charge < -0.3 is 10.1 Å². The Hall–Kier alpha value is -2.45. The molecule has 1 aliphatic rings. The molecule has 0 aromatic heterocycles. The number of hydrogen-bond acceptors (Lipinski definition) is 4. The first-order valence-electron chi connectivity index (χ1n) is 9.58. The van der Waals surface area contributed by atoms with Gasteiger partial charge in [0.2, 0.25) is 15.9 Å². The number of nitrogens with zero attached hydrogens (tertiary/aromatic N) is 1. The van der Waals surface area contributed by atoms with E-state index in [1.165, 1.54) is 22.5 Å². The molecule has 1 N–H and O–H groups in total. The van der Waals surface area contributed by atoms with Crippen molar-refractivity contribution < 1.29 is 22.3 Å². The Bertz CT molecular complexity index is 947. The molecule has 2 aromatic rings. The molecule has 1 amide bonds. The number of halogens is 1. The van der Waals surface area contributed by atoms with Crippen LogP contribution in [0.5, 0.6) is 5.75 Å². The third-order valence-electron chi connectivity index (χ3n) is 5.09. The van der Waals surface area contributed by atoms with E-state index in [0.29, 0.717) is 43.8 Å². The number of carbonyl (C=O) groups excluding carboxylic acids is 1. The van der Waals surface area contributed by atoms with E-state index in [4.69, 9.17) is 4.74 Å². The Labute approximate surface area is 170 Å². The molecule has 2 aromatic carbocycles. The van der Waals surface area contributed by atoms with Crippen molar-refractivity contribution in [2.24, 2.45) is 5.92 Å². The van der Waals surface area contributed by atoms with E-state index in [9.17, 15) is 17.6 Å². The number of sulfonamides is 1. The minimum atomic E-state index is -3.87. The zero-order chi connectivity index (χ0) is 20.9. The number of benzene rings is 2. The van der Waals surface area contributed by atoms with Gasteiger partial charge >= 0.3 is 0 Å². The molecule has 0 saturated carbocycles. The fraction of sp³-hybridized carbons (Fsp3) is 0.381. The minimum absolute atomic E-state index is 0.0620. The number of anilines is 1. The molecule has 1 heterocycles. The molecule has 0 spiro atoms. The average molecular weight is 421 g/mol. The van der Waals surface area contributed by atoms with E-state index in [1.54, 1.807) is 31.4 Å². The molecule has 0 aliphatic carbocycles. The molecule has 1 saturated heterocycles. The van der Waals surface area contributed by atoms with E-state index in [-0.39, 0.29) is 16.7 Å². The standard InChI is InChI=1S/C21H25FN2O4S/c1-28-18-11-9-17(10-12-18)23-21(25)13-8-16-5-4-14-24(15-16)29(26,27)20-7-3-2-6-19(20)22/h2-3,6-7,9-12,16H,4-5,8,13-15H2,1H3,(H,23,25). The summed E-state index contributed by atoms with van der Waals surface area (Å²) in [6.45, 7) is 0.664. The van der Waals surface area contributed by atoms with Crippen LogP contribution in [0.25, 0.3) is 0 Å². The number of hydrogen-bond donors (Lipinski definition) is 1. The fourth-order valence-corrected chi connectivity index (χ4v) is 5.13. The number of ether oxygens (including phenoxy) is 1. The maximum absolute atomic E-state index is 14.0. The van der Waals surface area contributed by atoms with Crippen LogP contribution in [0, 0.1) is 11.7 Å². The lowest BCUT2D eigenvalue weighted by Crippen LogP contribution is -2.40. The highest BCUT2D eigenvalue weighted by Gasteiger charge is 2.32. The molecule has 3 rings (SSSR count). The molecule has 1 aliphatic heterocycles. The lowest BCUT2D eigenvalue weighted by Gasteiger charge is -2.32. The Morgan fingerprint density at radius 3 is 2.62 bits per heavy atom. The Morgan fingerprint density at radius 2 is 1.93 bits per heavy atom. The topological polar surface area (TPSA) is 75.7 Å². The van der Waals surface area contributed by atoms with Gasteiger partial charge in [-0.1, -0.05) is 12.1 Å². The van der Waals surface area contributed by atoms with E-state index < -0.39 is 15.8 Å². The molecule has 0 bridgehead atoms. The first-order valence-corrected chi connectivity index (χ1v) is 11.0. The average Bonchev–Trinajstić information content (AvgIpc) is 2.73. The van der Waals surface area contributed by atoms with Crippen LogP contribution in [0.1, 0.15) is 25.7 Å². The summed E-state index contributed by atoms with van der Waals surface area (Å²) in [6.07, 6.45) is 2.41. The summed E-state index contributed by atoms with van der Waals surface area (Å²) in [6, 6.07) is 12.5. The van der Waals surface area contributed by atoms with Crippen molar-refractivity contribution in [3.63, 3.8) is 0 Å². The summed E-state index contributed by atoms with van der Waals surface area (Å²) < 4.78 is 46.0. The SMILES string of the molecule is COc1ccc(NC(=O)CCC2CCCN(S(=O)(=O)c3ccccc3F)C2)cc1. The van der Waals surface area contributed by atoms with Gasteiger partial charge in [-0.05, 0) is 61.6 Å². The van der Waals surface area contributed by atoms with Crippen LogP contribution >= 0.6 is 0 Å². The molecule has 6 nitrogen and oxygen atoms in total. The number of nitrogens with one attached hydrogen (secondary N) is 1. The number of carbonyl (C=O) groups is 1. The van der Waals surface area contributed by atoms with Gasteiger partial charge in [0.15, 0.2) is 0 Å². The highest BCUT2D eigenvalue weighted by molar-refractivity contribution is 7.89. The molecule has 1 unspecified atom stereocenters. The zero-order valence-electron chi connectivity index (χ0n) is 16.3. The fourth-order valence-electron chi connectivity index (χ4n) is 3.51. The second-order valence-electron chi connectivity index (χ2n) is 7.12. The summed E-state index contributed by atoms with van der Waals surface area (Å²) in [5.74, 6) is -0.0916. The Morgan fingerprint density at radius 1 is 1.21 bits per heavy atom. The maximum Gasteiger partial charge on any atom is 0.245 e. The second kappa shape index (κ2) is 9.37. The number of amides is 1. The van der Waals surface area contributed by atoms with Crippen LogP contribution in [-0.2, 0) is 14.8 Å². The second-order valence-corrected chi connectivity index (χ2v) is 9.02. The summed E-state index contributed by atoms with van der Waals surface area (Å²) in [7, 11) is -2.30. The van der Waals surface area contributed by atoms with Crippen molar-refractivity contribution in [1.82, 2.24) is 4.31 Å². The van der Waals surface area contributed by atoms with Gasteiger partial charge in [-0.25, -0.2) is 12.8 Å². The minimum Gasteiger partial charge on any atom is -0.497 e. The van der Waals surface area contributed by atoms with E-state index in [1.807, 2.05) is 0 Å². The lowest BCUT2D eigenvalue weighted by molar-refractivity contribution is -0.116. The van der Waals surface area contributed by atoms with Crippen LogP contribution in [-0.4, -0.2) is 38.8 Å². The largest absolute Gasteiger partial charge is 0.497 e. The van der Waals surface area contributed by atoms with Crippen LogP contribution in [0.2, 0.25) is 0 Å². The quantitative estimate of drug-likeness (QED) is 0.742. The monoisotopic (exact) mass is 420 g/mol. The van der Waals surface area contributed by atoms with Crippen molar-refractivity contribution in [3.05, 3.63) is 54.3 Å². The molecule has 8 heteroatoms. The predicted molar refractivity (Wildman–Crippen MR) is 109 cm³/mol. The summed E-state index contributed by atoms with van der Waals surface area (Å²) in [4.78, 5) is 11.9. The zero-order valence-corrected chi connectivity index (χ0v) is 17.1. The molecule has 1 fully saturated rings. The highest BCUT2D eigenvalue weighted by Crippen LogP contribution is 2.27. The van der Waals surface area contributed by atoms with Gasteiger partial charge in [-0.2, -0.15) is 4.31 Å². The van der Waals surface area contributed by atoms with E-state index in [2.05, 4.69) is 5.32 Å². The Kier molecular flexibility index (Phi) is 6.87. The summed E-state index contributed by atoms with van der Waals surface area (Å²) in [5, 5.41) is 2.83. The molecule has 29 heavy (non-hydrogen) atoms. The van der Waals surface area contributed by atoms with Gasteiger partial charge in [0.05, 0.1) is 7.11 Å². The van der Waals surface area contributed by atoms with Crippen LogP contribution in [0.15, 0.2) is 53.4 Å². The number of methoxy groups -OCH3 is 1. The van der Waals surface area contributed by atoms with Gasteiger partial charge in [0.1, 0.15) is 16.5 Å². The molecule has 0 radical (unpaired) electrons. The summed E-state index contributed by atoms with van der Waals surface area (Å²) >= 11 is 0. The number of piperidine rings is 1. The van der Waals surface area contributed by atoms with Gasteiger partial charge in [0.25, 0.3) is 0 Å². The van der Waals surface area contributed by atoms with Gasteiger partial charge in [-0.15, -0.1) is 0 Å². The van der Waals surface area contributed by atoms with Gasteiger partial charge in [0, 0.05) is 25.2 Å². The predicted octanol–water partition coefficient (Wildman–Crippen LogP) is 3.65. The van der Waals surface area contributed by atoms with Crippen LogP contribution in [0.4, 0.5) is 10.1 Å². The number of rotatable bonds is 7. The van der Waals surface area contributed by atoms with Crippen LogP contribution in [0.3, 0.4) is 0 Å². The maximum atomic E-state index is 14.0. The van der Waals surface area contributed by atoms with Gasteiger partial charge in [-0.3, -0.25) is 4.79 Å². The third kappa shape index (κ3) is 5.33. The smallest absolute Gasteiger partial charge is 0.245 e.